The molecule has 5 nitrogen and oxygen atoms in total. The van der Waals surface area contributed by atoms with E-state index in [1.165, 1.54) is 34.4 Å². The summed E-state index contributed by atoms with van der Waals surface area (Å²) in [4.78, 5) is 31.3. The number of anilines is 1. The standard InChI is InChI=1S/C23H20FN3O2S/c1-13-4-9-18(14(2)10-13)26-21(28)20-15(3)19-22(30-20)25-12-27(23(19)29)11-16-5-7-17(24)8-6-16/h4-10,12H,11H2,1-3H3,(H,26,28). The van der Waals surface area contributed by atoms with E-state index in [1.54, 1.807) is 19.1 Å². The molecule has 0 bridgehead atoms. The Bertz CT molecular complexity index is 1320. The highest BCUT2D eigenvalue weighted by atomic mass is 32.1. The molecule has 0 unspecified atom stereocenters. The van der Waals surface area contributed by atoms with Crippen molar-refractivity contribution in [3.63, 3.8) is 0 Å². The first-order valence-corrected chi connectivity index (χ1v) is 10.3. The molecule has 0 fully saturated rings. The molecule has 152 valence electrons. The Morgan fingerprint density at radius 1 is 1.13 bits per heavy atom. The van der Waals surface area contributed by atoms with Gasteiger partial charge in [-0.05, 0) is 55.7 Å². The largest absolute Gasteiger partial charge is 0.321 e. The van der Waals surface area contributed by atoms with E-state index < -0.39 is 0 Å². The first-order chi connectivity index (χ1) is 14.3. The van der Waals surface area contributed by atoms with Crippen LogP contribution in [0.2, 0.25) is 0 Å². The molecular weight excluding hydrogens is 401 g/mol. The number of halogens is 1. The van der Waals surface area contributed by atoms with Crippen LogP contribution in [0.15, 0.2) is 53.6 Å². The number of fused-ring (bicyclic) bond motifs is 1. The topological polar surface area (TPSA) is 64.0 Å². The molecule has 0 radical (unpaired) electrons. The highest BCUT2D eigenvalue weighted by Crippen LogP contribution is 2.28. The van der Waals surface area contributed by atoms with E-state index in [1.807, 2.05) is 32.0 Å². The van der Waals surface area contributed by atoms with Crippen molar-refractivity contribution in [2.24, 2.45) is 0 Å². The van der Waals surface area contributed by atoms with Crippen molar-refractivity contribution in [2.45, 2.75) is 27.3 Å². The minimum atomic E-state index is -0.326. The third-order valence-electron chi connectivity index (χ3n) is 5.02. The van der Waals surface area contributed by atoms with E-state index in [9.17, 15) is 14.0 Å². The summed E-state index contributed by atoms with van der Waals surface area (Å²) in [5, 5.41) is 3.37. The molecule has 0 saturated carbocycles. The molecule has 2 heterocycles. The second-order valence-electron chi connectivity index (χ2n) is 7.31. The second kappa shape index (κ2) is 7.84. The minimum Gasteiger partial charge on any atom is -0.321 e. The van der Waals surface area contributed by atoms with Gasteiger partial charge in [0.25, 0.3) is 11.5 Å². The lowest BCUT2D eigenvalue weighted by Crippen LogP contribution is -2.21. The lowest BCUT2D eigenvalue weighted by molar-refractivity contribution is 0.103. The maximum atomic E-state index is 13.1. The number of hydrogen-bond donors (Lipinski definition) is 1. The van der Waals surface area contributed by atoms with Gasteiger partial charge in [-0.15, -0.1) is 11.3 Å². The van der Waals surface area contributed by atoms with Crippen LogP contribution < -0.4 is 10.9 Å². The first kappa shape index (κ1) is 20.0. The first-order valence-electron chi connectivity index (χ1n) is 9.45. The summed E-state index contributed by atoms with van der Waals surface area (Å²) in [5.41, 5.74) is 4.02. The van der Waals surface area contributed by atoms with E-state index in [-0.39, 0.29) is 23.8 Å². The molecule has 4 rings (SSSR count). The van der Waals surface area contributed by atoms with Crippen molar-refractivity contribution in [3.05, 3.63) is 92.1 Å². The zero-order chi connectivity index (χ0) is 21.4. The number of nitrogens with zero attached hydrogens (tertiary/aromatic N) is 2. The zero-order valence-electron chi connectivity index (χ0n) is 16.8. The molecule has 0 aliphatic rings. The van der Waals surface area contributed by atoms with Gasteiger partial charge < -0.3 is 5.32 Å². The summed E-state index contributed by atoms with van der Waals surface area (Å²) in [5.74, 6) is -0.584. The van der Waals surface area contributed by atoms with Gasteiger partial charge in [0.05, 0.1) is 23.1 Å². The number of nitrogens with one attached hydrogen (secondary N) is 1. The van der Waals surface area contributed by atoms with E-state index in [2.05, 4.69) is 10.3 Å². The molecule has 4 aromatic rings. The number of carbonyl (C=O) groups is 1. The predicted molar refractivity (Wildman–Crippen MR) is 118 cm³/mol. The molecule has 2 aromatic carbocycles. The lowest BCUT2D eigenvalue weighted by atomic mass is 10.1. The van der Waals surface area contributed by atoms with Crippen LogP contribution in [0.25, 0.3) is 10.2 Å². The van der Waals surface area contributed by atoms with Crippen molar-refractivity contribution < 1.29 is 9.18 Å². The van der Waals surface area contributed by atoms with Crippen LogP contribution in [-0.4, -0.2) is 15.5 Å². The third kappa shape index (κ3) is 3.76. The summed E-state index contributed by atoms with van der Waals surface area (Å²) in [7, 11) is 0. The number of benzene rings is 2. The number of thiophene rings is 1. The highest BCUT2D eigenvalue weighted by Gasteiger charge is 2.20. The molecule has 0 spiro atoms. The van der Waals surface area contributed by atoms with Gasteiger partial charge in [-0.25, -0.2) is 9.37 Å². The van der Waals surface area contributed by atoms with Crippen LogP contribution >= 0.6 is 11.3 Å². The van der Waals surface area contributed by atoms with Gasteiger partial charge in [-0.3, -0.25) is 14.2 Å². The fourth-order valence-corrected chi connectivity index (χ4v) is 4.44. The Hall–Kier alpha value is -3.32. The molecule has 30 heavy (non-hydrogen) atoms. The van der Waals surface area contributed by atoms with Crippen LogP contribution in [0.1, 0.15) is 31.9 Å². The van der Waals surface area contributed by atoms with E-state index in [4.69, 9.17) is 0 Å². The number of hydrogen-bond acceptors (Lipinski definition) is 4. The zero-order valence-corrected chi connectivity index (χ0v) is 17.6. The average Bonchev–Trinajstić information content (AvgIpc) is 3.05. The van der Waals surface area contributed by atoms with Crippen LogP contribution in [-0.2, 0) is 6.54 Å². The Labute approximate surface area is 176 Å². The molecule has 0 atom stereocenters. The van der Waals surface area contributed by atoms with Gasteiger partial charge in [0, 0.05) is 5.69 Å². The van der Waals surface area contributed by atoms with Crippen LogP contribution in [0, 0.1) is 26.6 Å². The summed E-state index contributed by atoms with van der Waals surface area (Å²) in [6, 6.07) is 11.8. The number of rotatable bonds is 4. The van der Waals surface area contributed by atoms with Gasteiger partial charge in [0.2, 0.25) is 0 Å². The fourth-order valence-electron chi connectivity index (χ4n) is 3.41. The highest BCUT2D eigenvalue weighted by molar-refractivity contribution is 7.20. The molecule has 0 saturated heterocycles. The number of aromatic nitrogens is 2. The molecule has 0 aliphatic heterocycles. The smallest absolute Gasteiger partial charge is 0.266 e. The van der Waals surface area contributed by atoms with Crippen molar-refractivity contribution in [2.75, 3.05) is 5.32 Å². The quantitative estimate of drug-likeness (QED) is 0.514. The summed E-state index contributed by atoms with van der Waals surface area (Å²) in [6.45, 7) is 5.98. The van der Waals surface area contributed by atoms with Crippen molar-refractivity contribution in [1.29, 1.82) is 0 Å². The summed E-state index contributed by atoms with van der Waals surface area (Å²) < 4.78 is 14.6. The summed E-state index contributed by atoms with van der Waals surface area (Å²) in [6.07, 6.45) is 1.47. The van der Waals surface area contributed by atoms with E-state index in [0.717, 1.165) is 22.4 Å². The molecular formula is C23H20FN3O2S. The second-order valence-corrected chi connectivity index (χ2v) is 8.31. The molecule has 2 aromatic heterocycles. The van der Waals surface area contributed by atoms with Gasteiger partial charge in [0.1, 0.15) is 10.6 Å². The average molecular weight is 421 g/mol. The number of carbonyl (C=O) groups excluding carboxylic acids is 1. The van der Waals surface area contributed by atoms with Gasteiger partial charge in [-0.2, -0.15) is 0 Å². The van der Waals surface area contributed by atoms with Gasteiger partial charge in [0.15, 0.2) is 0 Å². The monoisotopic (exact) mass is 421 g/mol. The van der Waals surface area contributed by atoms with Crippen LogP contribution in [0.4, 0.5) is 10.1 Å². The van der Waals surface area contributed by atoms with Gasteiger partial charge >= 0.3 is 0 Å². The van der Waals surface area contributed by atoms with Crippen LogP contribution in [0.5, 0.6) is 0 Å². The Morgan fingerprint density at radius 2 is 1.87 bits per heavy atom. The fraction of sp³-hybridized carbons (Fsp3) is 0.174. The normalized spacial score (nSPS) is 11.1. The Kier molecular flexibility index (Phi) is 5.22. The maximum Gasteiger partial charge on any atom is 0.266 e. The minimum absolute atomic E-state index is 0.219. The van der Waals surface area contributed by atoms with E-state index >= 15 is 0 Å². The van der Waals surface area contributed by atoms with E-state index in [0.29, 0.717) is 20.7 Å². The Morgan fingerprint density at radius 3 is 2.57 bits per heavy atom. The van der Waals surface area contributed by atoms with Gasteiger partial charge in [-0.1, -0.05) is 29.8 Å². The van der Waals surface area contributed by atoms with Crippen LogP contribution in [0.3, 0.4) is 0 Å². The number of aryl methyl sites for hydroxylation is 3. The molecule has 1 amide bonds. The van der Waals surface area contributed by atoms with Crippen molar-refractivity contribution in [1.82, 2.24) is 9.55 Å². The molecule has 0 aliphatic carbocycles. The van der Waals surface area contributed by atoms with Crippen molar-refractivity contribution >= 4 is 33.1 Å². The maximum absolute atomic E-state index is 13.1. The molecule has 1 N–H and O–H groups in total. The number of amides is 1. The van der Waals surface area contributed by atoms with Crippen molar-refractivity contribution in [3.8, 4) is 0 Å². The lowest BCUT2D eigenvalue weighted by Gasteiger charge is -2.08. The Balaban J connectivity index is 1.68. The SMILES string of the molecule is Cc1ccc(NC(=O)c2sc3ncn(Cc4ccc(F)cc4)c(=O)c3c2C)c(C)c1. The predicted octanol–water partition coefficient (Wildman–Crippen LogP) is 4.82. The summed E-state index contributed by atoms with van der Waals surface area (Å²) >= 11 is 1.21. The molecule has 7 heteroatoms. The third-order valence-corrected chi connectivity index (χ3v) is 6.22.